The summed E-state index contributed by atoms with van der Waals surface area (Å²) in [5, 5.41) is 10.7. The number of carbonyl (C=O) groups excluding carboxylic acids is 1. The number of halogens is 1. The largest absolute Gasteiger partial charge is 0.342 e. The van der Waals surface area contributed by atoms with E-state index < -0.39 is 14.9 Å². The first-order valence-electron chi connectivity index (χ1n) is 7.89. The van der Waals surface area contributed by atoms with Gasteiger partial charge in [-0.3, -0.25) is 14.9 Å². The maximum absolute atomic E-state index is 12.2. The average Bonchev–Trinajstić information content (AvgIpc) is 2.98. The van der Waals surface area contributed by atoms with Crippen molar-refractivity contribution in [3.63, 3.8) is 0 Å². The molecular formula is C15H23ClN4O5S. The van der Waals surface area contributed by atoms with E-state index in [1.807, 2.05) is 6.92 Å². The summed E-state index contributed by atoms with van der Waals surface area (Å²) in [6, 6.07) is 4.77. The number of sulfonamides is 1. The lowest BCUT2D eigenvalue weighted by atomic mass is 9.90. The van der Waals surface area contributed by atoms with Gasteiger partial charge in [0.15, 0.2) is 0 Å². The molecule has 0 radical (unpaired) electrons. The van der Waals surface area contributed by atoms with Crippen LogP contribution in [0.15, 0.2) is 29.2 Å². The molecule has 1 aromatic rings. The highest BCUT2D eigenvalue weighted by atomic mass is 35.5. The standard InChI is InChI=1S/C15H22N4O5S.ClH/c1-15(10-16)6-8-18(11-15)14(20)5-7-17-25(23,24)13-4-2-3-12(9-13)19(21)22;/h2-4,9,17H,5-8,10-11,16H2,1H3;1H. The van der Waals surface area contributed by atoms with Crippen molar-refractivity contribution in [3.05, 3.63) is 34.4 Å². The van der Waals surface area contributed by atoms with Gasteiger partial charge in [0.05, 0.1) is 9.82 Å². The fourth-order valence-corrected chi connectivity index (χ4v) is 3.77. The number of nitrogens with zero attached hydrogens (tertiary/aromatic N) is 2. The molecule has 1 aliphatic heterocycles. The van der Waals surface area contributed by atoms with E-state index >= 15 is 0 Å². The minimum Gasteiger partial charge on any atom is -0.342 e. The predicted octanol–water partition coefficient (Wildman–Crippen LogP) is 0.882. The highest BCUT2D eigenvalue weighted by molar-refractivity contribution is 7.89. The SMILES string of the molecule is CC1(CN)CCN(C(=O)CCNS(=O)(=O)c2cccc([N+](=O)[O-])c2)C1.Cl. The summed E-state index contributed by atoms with van der Waals surface area (Å²) in [5.41, 5.74) is 5.31. The molecule has 9 nitrogen and oxygen atoms in total. The van der Waals surface area contributed by atoms with Gasteiger partial charge in [0.25, 0.3) is 5.69 Å². The number of hydrogen-bond acceptors (Lipinski definition) is 6. The normalized spacial score (nSPS) is 19.8. The van der Waals surface area contributed by atoms with Gasteiger partial charge < -0.3 is 10.6 Å². The molecule has 2 rings (SSSR count). The van der Waals surface area contributed by atoms with E-state index in [0.29, 0.717) is 19.6 Å². The maximum Gasteiger partial charge on any atom is 0.270 e. The molecule has 1 unspecified atom stereocenters. The zero-order chi connectivity index (χ0) is 18.7. The lowest BCUT2D eigenvalue weighted by Crippen LogP contribution is -2.36. The van der Waals surface area contributed by atoms with E-state index in [4.69, 9.17) is 5.73 Å². The Morgan fingerprint density at radius 2 is 2.15 bits per heavy atom. The van der Waals surface area contributed by atoms with E-state index in [1.54, 1.807) is 4.90 Å². The van der Waals surface area contributed by atoms with Gasteiger partial charge in [-0.1, -0.05) is 13.0 Å². The summed E-state index contributed by atoms with van der Waals surface area (Å²) in [6.45, 7) is 3.63. The lowest BCUT2D eigenvalue weighted by molar-refractivity contribution is -0.385. The number of nitro groups is 1. The average molecular weight is 407 g/mol. The number of rotatable bonds is 7. The van der Waals surface area contributed by atoms with Gasteiger partial charge in [-0.15, -0.1) is 12.4 Å². The number of likely N-dealkylation sites (tertiary alicyclic amines) is 1. The Morgan fingerprint density at radius 3 is 2.73 bits per heavy atom. The van der Waals surface area contributed by atoms with Crippen molar-refractivity contribution >= 4 is 34.0 Å². The van der Waals surface area contributed by atoms with Gasteiger partial charge in [0, 0.05) is 38.2 Å². The number of nitrogens with two attached hydrogens (primary N) is 1. The lowest BCUT2D eigenvalue weighted by Gasteiger charge is -2.22. The molecule has 1 fully saturated rings. The Balaban J connectivity index is 0.00000338. The molecule has 3 N–H and O–H groups in total. The number of amides is 1. The first-order chi connectivity index (χ1) is 11.7. The summed E-state index contributed by atoms with van der Waals surface area (Å²) in [7, 11) is -3.91. The van der Waals surface area contributed by atoms with E-state index in [1.165, 1.54) is 18.2 Å². The first kappa shape index (κ1) is 22.3. The Labute approximate surface area is 158 Å². The number of non-ortho nitro benzene ring substituents is 1. The topological polar surface area (TPSA) is 136 Å². The molecule has 1 aromatic carbocycles. The van der Waals surface area contributed by atoms with Crippen LogP contribution in [0.25, 0.3) is 0 Å². The number of carbonyl (C=O) groups is 1. The summed E-state index contributed by atoms with van der Waals surface area (Å²) in [6.07, 6.45) is 0.851. The molecule has 146 valence electrons. The second-order valence-electron chi connectivity index (χ2n) is 6.48. The molecule has 1 aliphatic rings. The Morgan fingerprint density at radius 1 is 1.46 bits per heavy atom. The van der Waals surface area contributed by atoms with Crippen LogP contribution in [-0.4, -0.2) is 50.3 Å². The third-order valence-electron chi connectivity index (χ3n) is 4.37. The van der Waals surface area contributed by atoms with Crippen LogP contribution in [0.3, 0.4) is 0 Å². The molecule has 26 heavy (non-hydrogen) atoms. The maximum atomic E-state index is 12.2. The number of nitrogens with one attached hydrogen (secondary N) is 1. The Kier molecular flexibility index (Phi) is 7.51. The van der Waals surface area contributed by atoms with Gasteiger partial charge in [-0.25, -0.2) is 13.1 Å². The van der Waals surface area contributed by atoms with Crippen molar-refractivity contribution in [1.29, 1.82) is 0 Å². The van der Waals surface area contributed by atoms with Crippen LogP contribution in [-0.2, 0) is 14.8 Å². The smallest absolute Gasteiger partial charge is 0.270 e. The van der Waals surface area contributed by atoms with Crippen LogP contribution < -0.4 is 10.5 Å². The summed E-state index contributed by atoms with van der Waals surface area (Å²) >= 11 is 0. The molecular weight excluding hydrogens is 384 g/mol. The highest BCUT2D eigenvalue weighted by Gasteiger charge is 2.34. The zero-order valence-electron chi connectivity index (χ0n) is 14.4. The Hall–Kier alpha value is -1.75. The van der Waals surface area contributed by atoms with Gasteiger partial charge in [-0.2, -0.15) is 0 Å². The van der Waals surface area contributed by atoms with Crippen LogP contribution in [0.5, 0.6) is 0 Å². The number of hydrogen-bond donors (Lipinski definition) is 2. The van der Waals surface area contributed by atoms with Gasteiger partial charge in [-0.05, 0) is 24.4 Å². The monoisotopic (exact) mass is 406 g/mol. The highest BCUT2D eigenvalue weighted by Crippen LogP contribution is 2.28. The molecule has 1 atom stereocenters. The molecule has 0 aliphatic carbocycles. The molecule has 0 aromatic heterocycles. The van der Waals surface area contributed by atoms with Crippen molar-refractivity contribution in [3.8, 4) is 0 Å². The zero-order valence-corrected chi connectivity index (χ0v) is 16.0. The minimum atomic E-state index is -3.91. The third-order valence-corrected chi connectivity index (χ3v) is 5.83. The second kappa shape index (κ2) is 8.76. The Bertz CT molecular complexity index is 773. The van der Waals surface area contributed by atoms with Crippen molar-refractivity contribution in [1.82, 2.24) is 9.62 Å². The summed E-state index contributed by atoms with van der Waals surface area (Å²) in [4.78, 5) is 23.7. The quantitative estimate of drug-likeness (QED) is 0.509. The van der Waals surface area contributed by atoms with Crippen LogP contribution in [0.1, 0.15) is 19.8 Å². The van der Waals surface area contributed by atoms with E-state index in [-0.39, 0.29) is 47.3 Å². The van der Waals surface area contributed by atoms with Crippen molar-refractivity contribution in [2.75, 3.05) is 26.2 Å². The van der Waals surface area contributed by atoms with Crippen LogP contribution >= 0.6 is 12.4 Å². The molecule has 1 amide bonds. The van der Waals surface area contributed by atoms with E-state index in [0.717, 1.165) is 12.5 Å². The third kappa shape index (κ3) is 5.37. The van der Waals surface area contributed by atoms with Gasteiger partial charge in [0.1, 0.15) is 0 Å². The van der Waals surface area contributed by atoms with E-state index in [9.17, 15) is 23.3 Å². The van der Waals surface area contributed by atoms with Crippen molar-refractivity contribution < 1.29 is 18.1 Å². The molecule has 1 saturated heterocycles. The number of benzene rings is 1. The molecule has 11 heteroatoms. The first-order valence-corrected chi connectivity index (χ1v) is 9.37. The fraction of sp³-hybridized carbons (Fsp3) is 0.533. The molecule has 1 heterocycles. The van der Waals surface area contributed by atoms with E-state index in [2.05, 4.69) is 4.72 Å². The van der Waals surface area contributed by atoms with Gasteiger partial charge >= 0.3 is 0 Å². The second-order valence-corrected chi connectivity index (χ2v) is 8.25. The van der Waals surface area contributed by atoms with Gasteiger partial charge in [0.2, 0.25) is 15.9 Å². The van der Waals surface area contributed by atoms with Crippen LogP contribution in [0.2, 0.25) is 0 Å². The van der Waals surface area contributed by atoms with Crippen LogP contribution in [0, 0.1) is 15.5 Å². The molecule has 0 saturated carbocycles. The minimum absolute atomic E-state index is 0. The summed E-state index contributed by atoms with van der Waals surface area (Å²) < 4.78 is 26.7. The van der Waals surface area contributed by atoms with Crippen molar-refractivity contribution in [2.24, 2.45) is 11.1 Å². The molecule has 0 bridgehead atoms. The van der Waals surface area contributed by atoms with Crippen LogP contribution in [0.4, 0.5) is 5.69 Å². The summed E-state index contributed by atoms with van der Waals surface area (Å²) in [5.74, 6) is -0.140. The molecule has 0 spiro atoms. The predicted molar refractivity (Wildman–Crippen MR) is 98.5 cm³/mol. The number of nitro benzene ring substituents is 1. The fourth-order valence-electron chi connectivity index (χ4n) is 2.70. The van der Waals surface area contributed by atoms with Crippen molar-refractivity contribution in [2.45, 2.75) is 24.7 Å².